The van der Waals surface area contributed by atoms with E-state index in [-0.39, 0.29) is 0 Å². The third-order valence-electron chi connectivity index (χ3n) is 2.83. The van der Waals surface area contributed by atoms with Gasteiger partial charge in [-0.15, -0.1) is 22.7 Å². The Balaban J connectivity index is 1.71. The molecular formula is C14H6Cl2N2S3. The molecule has 0 aliphatic rings. The first kappa shape index (κ1) is 13.8. The Labute approximate surface area is 142 Å². The van der Waals surface area contributed by atoms with E-state index in [2.05, 4.69) is 9.97 Å². The molecule has 0 radical (unpaired) electrons. The van der Waals surface area contributed by atoms with E-state index in [0.717, 1.165) is 29.1 Å². The van der Waals surface area contributed by atoms with Crippen LogP contribution in [0.2, 0.25) is 10.0 Å². The summed E-state index contributed by atoms with van der Waals surface area (Å²) in [5, 5.41) is 1.41. The third kappa shape index (κ3) is 2.76. The van der Waals surface area contributed by atoms with Gasteiger partial charge in [-0.2, -0.15) is 0 Å². The molecule has 0 bridgehead atoms. The fraction of sp³-hybridized carbons (Fsp3) is 0. The van der Waals surface area contributed by atoms with Crippen LogP contribution in [-0.4, -0.2) is 9.97 Å². The van der Waals surface area contributed by atoms with Crippen LogP contribution in [0.5, 0.6) is 0 Å². The number of benzene rings is 2. The van der Waals surface area contributed by atoms with Gasteiger partial charge in [0, 0.05) is 10.0 Å². The van der Waals surface area contributed by atoms with E-state index in [4.69, 9.17) is 23.2 Å². The number of hydrogen-bond donors (Lipinski definition) is 0. The Bertz CT molecular complexity index is 883. The van der Waals surface area contributed by atoms with Crippen molar-refractivity contribution in [3.05, 3.63) is 46.4 Å². The smallest absolute Gasteiger partial charge is 0.158 e. The molecule has 0 atom stereocenters. The lowest BCUT2D eigenvalue weighted by atomic mass is 10.3. The minimum Gasteiger partial charge on any atom is -0.229 e. The van der Waals surface area contributed by atoms with Gasteiger partial charge < -0.3 is 0 Å². The van der Waals surface area contributed by atoms with Crippen LogP contribution in [0.25, 0.3) is 20.4 Å². The summed E-state index contributed by atoms with van der Waals surface area (Å²) in [5.41, 5.74) is 1.86. The molecule has 0 aliphatic heterocycles. The molecule has 104 valence electrons. The summed E-state index contributed by atoms with van der Waals surface area (Å²) < 4.78 is 4.20. The fourth-order valence-corrected chi connectivity index (χ4v) is 5.55. The fourth-order valence-electron chi connectivity index (χ4n) is 1.92. The molecule has 2 heterocycles. The molecule has 0 unspecified atom stereocenters. The molecule has 0 saturated carbocycles. The van der Waals surface area contributed by atoms with Crippen LogP contribution in [0.1, 0.15) is 0 Å². The van der Waals surface area contributed by atoms with Gasteiger partial charge in [0.25, 0.3) is 0 Å². The lowest BCUT2D eigenvalue weighted by Crippen LogP contribution is -1.71. The zero-order chi connectivity index (χ0) is 14.4. The molecule has 0 amide bonds. The molecule has 4 rings (SSSR count). The van der Waals surface area contributed by atoms with Crippen molar-refractivity contribution in [3.8, 4) is 0 Å². The van der Waals surface area contributed by atoms with E-state index < -0.39 is 0 Å². The Hall–Kier alpha value is -0.850. The maximum atomic E-state index is 5.99. The van der Waals surface area contributed by atoms with E-state index in [1.54, 1.807) is 34.4 Å². The zero-order valence-electron chi connectivity index (χ0n) is 10.3. The standard InChI is InChI=1S/C14H6Cl2N2S3/c15-7-1-3-11-9(5-7)17-13(19-11)21-14-18-10-6-8(16)2-4-12(10)20-14/h1-6H. The maximum absolute atomic E-state index is 5.99. The second kappa shape index (κ2) is 5.41. The number of halogens is 2. The largest absolute Gasteiger partial charge is 0.229 e. The van der Waals surface area contributed by atoms with Crippen molar-refractivity contribution < 1.29 is 0 Å². The summed E-state index contributed by atoms with van der Waals surface area (Å²) in [7, 11) is 0. The topological polar surface area (TPSA) is 25.8 Å². The van der Waals surface area contributed by atoms with Gasteiger partial charge in [-0.25, -0.2) is 9.97 Å². The molecule has 2 aromatic heterocycles. The average Bonchev–Trinajstić information content (AvgIpc) is 3.00. The van der Waals surface area contributed by atoms with Crippen molar-refractivity contribution in [1.82, 2.24) is 9.97 Å². The molecule has 7 heteroatoms. The summed E-state index contributed by atoms with van der Waals surface area (Å²) in [5.74, 6) is 0. The minimum absolute atomic E-state index is 0.707. The Morgan fingerprint density at radius 1 is 0.762 bits per heavy atom. The summed E-state index contributed by atoms with van der Waals surface area (Å²) >= 11 is 16.9. The van der Waals surface area contributed by atoms with Crippen LogP contribution in [-0.2, 0) is 0 Å². The minimum atomic E-state index is 0.707. The highest BCUT2D eigenvalue weighted by molar-refractivity contribution is 8.02. The first-order valence-electron chi connectivity index (χ1n) is 5.97. The van der Waals surface area contributed by atoms with E-state index in [1.807, 2.05) is 36.4 Å². The molecule has 0 N–H and O–H groups in total. The number of rotatable bonds is 2. The number of aromatic nitrogens is 2. The molecule has 0 saturated heterocycles. The highest BCUT2D eigenvalue weighted by atomic mass is 35.5. The van der Waals surface area contributed by atoms with Crippen LogP contribution >= 0.6 is 57.6 Å². The monoisotopic (exact) mass is 368 g/mol. The highest BCUT2D eigenvalue weighted by Crippen LogP contribution is 2.38. The number of fused-ring (bicyclic) bond motifs is 2. The van der Waals surface area contributed by atoms with Crippen molar-refractivity contribution in [2.75, 3.05) is 0 Å². The van der Waals surface area contributed by atoms with Crippen LogP contribution in [0, 0.1) is 0 Å². The van der Waals surface area contributed by atoms with Crippen LogP contribution in [0.3, 0.4) is 0 Å². The van der Waals surface area contributed by atoms with E-state index in [1.165, 1.54) is 0 Å². The van der Waals surface area contributed by atoms with Gasteiger partial charge >= 0.3 is 0 Å². The van der Waals surface area contributed by atoms with E-state index >= 15 is 0 Å². The predicted molar refractivity (Wildman–Crippen MR) is 93.4 cm³/mol. The third-order valence-corrected chi connectivity index (χ3v) is 6.50. The number of nitrogens with zero attached hydrogens (tertiary/aromatic N) is 2. The van der Waals surface area contributed by atoms with Gasteiger partial charge in [-0.1, -0.05) is 23.2 Å². The van der Waals surface area contributed by atoms with Gasteiger partial charge in [0.05, 0.1) is 20.4 Å². The zero-order valence-corrected chi connectivity index (χ0v) is 14.3. The summed E-state index contributed by atoms with van der Waals surface area (Å²) in [6.45, 7) is 0. The molecule has 2 nitrogen and oxygen atoms in total. The lowest BCUT2D eigenvalue weighted by molar-refractivity contribution is 1.26. The summed E-state index contributed by atoms with van der Waals surface area (Å²) in [6.07, 6.45) is 0. The maximum Gasteiger partial charge on any atom is 0.158 e. The van der Waals surface area contributed by atoms with Gasteiger partial charge in [0.2, 0.25) is 0 Å². The first-order chi connectivity index (χ1) is 10.2. The average molecular weight is 369 g/mol. The summed E-state index contributed by atoms with van der Waals surface area (Å²) in [6, 6.07) is 11.5. The Morgan fingerprint density at radius 2 is 1.24 bits per heavy atom. The summed E-state index contributed by atoms with van der Waals surface area (Å²) in [4.78, 5) is 9.19. The lowest BCUT2D eigenvalue weighted by Gasteiger charge is -1.88. The molecule has 0 spiro atoms. The van der Waals surface area contributed by atoms with Crippen molar-refractivity contribution in [2.45, 2.75) is 8.68 Å². The van der Waals surface area contributed by atoms with Crippen molar-refractivity contribution in [3.63, 3.8) is 0 Å². The van der Waals surface area contributed by atoms with Crippen molar-refractivity contribution >= 4 is 78.1 Å². The number of thiazole rings is 2. The molecule has 4 aromatic rings. The Morgan fingerprint density at radius 3 is 1.71 bits per heavy atom. The van der Waals surface area contributed by atoms with Gasteiger partial charge in [-0.05, 0) is 48.2 Å². The van der Waals surface area contributed by atoms with Gasteiger partial charge in [0.15, 0.2) is 8.68 Å². The highest BCUT2D eigenvalue weighted by Gasteiger charge is 2.10. The normalized spacial score (nSPS) is 11.5. The second-order valence-corrected chi connectivity index (χ2v) is 8.71. The van der Waals surface area contributed by atoms with Gasteiger partial charge in [0.1, 0.15) is 0 Å². The Kier molecular flexibility index (Phi) is 3.55. The molecular weight excluding hydrogens is 363 g/mol. The molecule has 0 aliphatic carbocycles. The molecule has 2 aromatic carbocycles. The quantitative estimate of drug-likeness (QED) is 0.411. The van der Waals surface area contributed by atoms with E-state index in [0.29, 0.717) is 10.0 Å². The van der Waals surface area contributed by atoms with Crippen molar-refractivity contribution in [1.29, 1.82) is 0 Å². The predicted octanol–water partition coefficient (Wildman–Crippen LogP) is 6.36. The second-order valence-electron chi connectivity index (χ2n) is 4.29. The first-order valence-corrected chi connectivity index (χ1v) is 9.18. The van der Waals surface area contributed by atoms with Crippen LogP contribution in [0.4, 0.5) is 0 Å². The van der Waals surface area contributed by atoms with Crippen LogP contribution in [0.15, 0.2) is 45.1 Å². The molecule has 21 heavy (non-hydrogen) atoms. The van der Waals surface area contributed by atoms with Crippen LogP contribution < -0.4 is 0 Å². The van der Waals surface area contributed by atoms with Crippen molar-refractivity contribution in [2.24, 2.45) is 0 Å². The number of hydrogen-bond acceptors (Lipinski definition) is 5. The molecule has 0 fully saturated rings. The van der Waals surface area contributed by atoms with E-state index in [9.17, 15) is 0 Å². The van der Waals surface area contributed by atoms with Gasteiger partial charge in [-0.3, -0.25) is 0 Å². The SMILES string of the molecule is Clc1ccc2sc(Sc3nc4cc(Cl)ccc4s3)nc2c1.